The maximum absolute atomic E-state index is 11.6. The van der Waals surface area contributed by atoms with Crippen molar-refractivity contribution in [1.82, 2.24) is 9.97 Å². The maximum Gasteiger partial charge on any atom is 0.268 e. The fourth-order valence-corrected chi connectivity index (χ4v) is 2.80. The van der Waals surface area contributed by atoms with Gasteiger partial charge in [0, 0.05) is 13.6 Å². The molecule has 17 heavy (non-hydrogen) atoms. The molecule has 0 saturated heterocycles. The second kappa shape index (κ2) is 4.55. The Balaban J connectivity index is 2.69. The number of nitrogens with zero attached hydrogens (tertiary/aromatic N) is 3. The molecule has 0 aromatic carbocycles. The molecule has 0 radical (unpaired) electrons. The summed E-state index contributed by atoms with van der Waals surface area (Å²) in [4.78, 5) is 20.2. The number of aromatic amines is 1. The standard InChI is InChI=1S/C11H12N4OS/c1-3-4-15(2)11-7(5-12)8-9(17-11)10(16)14-6-13-8/h6H,3-4H2,1-2H3,(H,13,14,16). The number of aromatic nitrogens is 2. The summed E-state index contributed by atoms with van der Waals surface area (Å²) in [6.07, 6.45) is 2.32. The van der Waals surface area contributed by atoms with Crippen LogP contribution in [0.15, 0.2) is 11.1 Å². The van der Waals surface area contributed by atoms with Crippen molar-refractivity contribution in [1.29, 1.82) is 5.26 Å². The third-order valence-corrected chi connectivity index (χ3v) is 3.77. The van der Waals surface area contributed by atoms with Gasteiger partial charge < -0.3 is 9.88 Å². The van der Waals surface area contributed by atoms with Gasteiger partial charge >= 0.3 is 0 Å². The number of hydrogen-bond acceptors (Lipinski definition) is 5. The van der Waals surface area contributed by atoms with Crippen LogP contribution in [0.2, 0.25) is 0 Å². The van der Waals surface area contributed by atoms with Crippen molar-refractivity contribution in [3.8, 4) is 6.07 Å². The minimum Gasteiger partial charge on any atom is -0.365 e. The van der Waals surface area contributed by atoms with Gasteiger partial charge in [0.2, 0.25) is 0 Å². The Kier molecular flexibility index (Phi) is 3.11. The van der Waals surface area contributed by atoms with E-state index in [4.69, 9.17) is 0 Å². The molecule has 0 aliphatic rings. The van der Waals surface area contributed by atoms with E-state index < -0.39 is 0 Å². The van der Waals surface area contributed by atoms with Crippen molar-refractivity contribution >= 4 is 26.6 Å². The van der Waals surface area contributed by atoms with Gasteiger partial charge in [0.1, 0.15) is 26.9 Å². The van der Waals surface area contributed by atoms with Crippen molar-refractivity contribution in [2.45, 2.75) is 13.3 Å². The number of nitrogens with one attached hydrogen (secondary N) is 1. The molecule has 0 fully saturated rings. The summed E-state index contributed by atoms with van der Waals surface area (Å²) in [5.74, 6) is 0. The van der Waals surface area contributed by atoms with Gasteiger partial charge in [-0.2, -0.15) is 5.26 Å². The van der Waals surface area contributed by atoms with Crippen molar-refractivity contribution in [3.63, 3.8) is 0 Å². The largest absolute Gasteiger partial charge is 0.365 e. The molecule has 5 nitrogen and oxygen atoms in total. The first-order chi connectivity index (χ1) is 8.19. The Hall–Kier alpha value is -1.87. The summed E-state index contributed by atoms with van der Waals surface area (Å²) in [6.45, 7) is 2.92. The van der Waals surface area contributed by atoms with Gasteiger partial charge in [-0.25, -0.2) is 4.98 Å². The lowest BCUT2D eigenvalue weighted by Crippen LogP contribution is -2.17. The first-order valence-corrected chi connectivity index (χ1v) is 6.12. The van der Waals surface area contributed by atoms with Gasteiger partial charge in [-0.3, -0.25) is 4.79 Å². The number of hydrogen-bond donors (Lipinski definition) is 1. The average molecular weight is 248 g/mol. The van der Waals surface area contributed by atoms with Crippen LogP contribution in [0.4, 0.5) is 5.00 Å². The summed E-state index contributed by atoms with van der Waals surface area (Å²) in [5.41, 5.74) is 0.805. The molecule has 6 heteroatoms. The van der Waals surface area contributed by atoms with Crippen LogP contribution in [0.25, 0.3) is 10.2 Å². The van der Waals surface area contributed by atoms with E-state index in [1.807, 2.05) is 11.9 Å². The summed E-state index contributed by atoms with van der Waals surface area (Å²) < 4.78 is 0.516. The lowest BCUT2D eigenvalue weighted by molar-refractivity contribution is 0.858. The SMILES string of the molecule is CCCN(C)c1sc2c(=O)[nH]cnc2c1C#N. The van der Waals surface area contributed by atoms with E-state index in [2.05, 4.69) is 23.0 Å². The summed E-state index contributed by atoms with van der Waals surface area (Å²) in [6, 6.07) is 2.14. The van der Waals surface area contributed by atoms with Crippen LogP contribution >= 0.6 is 11.3 Å². The molecule has 0 aliphatic heterocycles. The van der Waals surface area contributed by atoms with Crippen molar-refractivity contribution in [2.24, 2.45) is 0 Å². The molecule has 0 unspecified atom stereocenters. The first-order valence-electron chi connectivity index (χ1n) is 5.30. The Morgan fingerprint density at radius 2 is 2.41 bits per heavy atom. The Morgan fingerprint density at radius 1 is 1.65 bits per heavy atom. The van der Waals surface area contributed by atoms with E-state index in [0.717, 1.165) is 18.0 Å². The first kappa shape index (κ1) is 11.6. The number of H-pyrrole nitrogens is 1. The average Bonchev–Trinajstić information content (AvgIpc) is 2.69. The van der Waals surface area contributed by atoms with Gasteiger partial charge in [-0.05, 0) is 6.42 Å². The highest BCUT2D eigenvalue weighted by atomic mass is 32.1. The van der Waals surface area contributed by atoms with Crippen LogP contribution in [0.1, 0.15) is 18.9 Å². The molecule has 1 N–H and O–H groups in total. The smallest absolute Gasteiger partial charge is 0.268 e. The predicted molar refractivity (Wildman–Crippen MR) is 68.5 cm³/mol. The van der Waals surface area contributed by atoms with E-state index in [9.17, 15) is 10.1 Å². The molecule has 0 atom stereocenters. The summed E-state index contributed by atoms with van der Waals surface area (Å²) in [7, 11) is 1.92. The van der Waals surface area contributed by atoms with Crippen LogP contribution in [0.5, 0.6) is 0 Å². The number of fused-ring (bicyclic) bond motifs is 1. The van der Waals surface area contributed by atoms with Gasteiger partial charge in [-0.1, -0.05) is 6.92 Å². The molecule has 0 spiro atoms. The van der Waals surface area contributed by atoms with Crippen LogP contribution in [-0.2, 0) is 0 Å². The van der Waals surface area contributed by atoms with Gasteiger partial charge in [0.15, 0.2) is 0 Å². The summed E-state index contributed by atoms with van der Waals surface area (Å²) in [5, 5.41) is 10.0. The fraction of sp³-hybridized carbons (Fsp3) is 0.364. The number of thiophene rings is 1. The molecule has 2 rings (SSSR count). The van der Waals surface area contributed by atoms with E-state index in [-0.39, 0.29) is 5.56 Å². The van der Waals surface area contributed by atoms with Crippen molar-refractivity contribution < 1.29 is 0 Å². The Labute approximate surface area is 102 Å². The highest BCUT2D eigenvalue weighted by Gasteiger charge is 2.17. The van der Waals surface area contributed by atoms with Crippen molar-refractivity contribution in [3.05, 3.63) is 22.2 Å². The number of anilines is 1. The third kappa shape index (κ3) is 1.89. The lowest BCUT2D eigenvalue weighted by Gasteiger charge is -2.15. The van der Waals surface area contributed by atoms with Crippen molar-refractivity contribution in [2.75, 3.05) is 18.5 Å². The molecule has 0 amide bonds. The molecule has 0 saturated carbocycles. The van der Waals surface area contributed by atoms with Crippen LogP contribution in [-0.4, -0.2) is 23.6 Å². The highest BCUT2D eigenvalue weighted by Crippen LogP contribution is 2.33. The minimum absolute atomic E-state index is 0.187. The summed E-state index contributed by atoms with van der Waals surface area (Å²) >= 11 is 1.32. The van der Waals surface area contributed by atoms with Crippen LogP contribution < -0.4 is 10.5 Å². The highest BCUT2D eigenvalue weighted by molar-refractivity contribution is 7.23. The van der Waals surface area contributed by atoms with Crippen LogP contribution in [0, 0.1) is 11.3 Å². The Bertz CT molecular complexity index is 637. The quantitative estimate of drug-likeness (QED) is 0.897. The van der Waals surface area contributed by atoms with E-state index in [1.165, 1.54) is 17.7 Å². The van der Waals surface area contributed by atoms with E-state index in [0.29, 0.717) is 15.8 Å². The Morgan fingerprint density at radius 3 is 3.06 bits per heavy atom. The predicted octanol–water partition coefficient (Wildman–Crippen LogP) is 1.70. The second-order valence-corrected chi connectivity index (χ2v) is 4.72. The van der Waals surface area contributed by atoms with E-state index >= 15 is 0 Å². The van der Waals surface area contributed by atoms with Gasteiger partial charge in [0.05, 0.1) is 6.33 Å². The monoisotopic (exact) mass is 248 g/mol. The van der Waals surface area contributed by atoms with E-state index in [1.54, 1.807) is 0 Å². The fourth-order valence-electron chi connectivity index (χ4n) is 1.72. The minimum atomic E-state index is -0.187. The lowest BCUT2D eigenvalue weighted by atomic mass is 10.3. The maximum atomic E-state index is 11.6. The third-order valence-electron chi connectivity index (χ3n) is 2.48. The topological polar surface area (TPSA) is 72.8 Å². The molecular weight excluding hydrogens is 236 g/mol. The second-order valence-electron chi connectivity index (χ2n) is 3.72. The molecule has 88 valence electrons. The normalized spacial score (nSPS) is 10.4. The molecule has 2 heterocycles. The number of rotatable bonds is 3. The van der Waals surface area contributed by atoms with Gasteiger partial charge in [0.25, 0.3) is 5.56 Å². The zero-order valence-electron chi connectivity index (χ0n) is 9.65. The zero-order valence-corrected chi connectivity index (χ0v) is 10.5. The molecule has 0 bridgehead atoms. The molecule has 0 aliphatic carbocycles. The molecule has 2 aromatic rings. The molecule has 2 aromatic heterocycles. The zero-order chi connectivity index (χ0) is 12.4. The van der Waals surface area contributed by atoms with Gasteiger partial charge in [-0.15, -0.1) is 11.3 Å². The van der Waals surface area contributed by atoms with Crippen LogP contribution in [0.3, 0.4) is 0 Å². The molecular formula is C11H12N4OS. The number of nitriles is 1.